The van der Waals surface area contributed by atoms with E-state index < -0.39 is 15.4 Å². The van der Waals surface area contributed by atoms with Gasteiger partial charge in [-0.25, -0.2) is 13.4 Å². The number of aromatic nitrogens is 1. The maximum absolute atomic E-state index is 13.5. The minimum atomic E-state index is -3.42. The summed E-state index contributed by atoms with van der Waals surface area (Å²) in [6.07, 6.45) is 8.03. The zero-order valence-electron chi connectivity index (χ0n) is 21.8. The summed E-state index contributed by atoms with van der Waals surface area (Å²) >= 11 is 0. The second-order valence-electron chi connectivity index (χ2n) is 11.7. The van der Waals surface area contributed by atoms with Gasteiger partial charge in [-0.1, -0.05) is 18.9 Å². The van der Waals surface area contributed by atoms with E-state index >= 15 is 0 Å². The van der Waals surface area contributed by atoms with Gasteiger partial charge in [0.25, 0.3) is 5.91 Å². The molecule has 0 bridgehead atoms. The highest BCUT2D eigenvalue weighted by Gasteiger charge is 2.45. The predicted octanol–water partition coefficient (Wildman–Crippen LogP) is 4.61. The van der Waals surface area contributed by atoms with Crippen LogP contribution in [0.2, 0.25) is 0 Å². The van der Waals surface area contributed by atoms with E-state index in [2.05, 4.69) is 15.5 Å². The van der Waals surface area contributed by atoms with Crippen molar-refractivity contribution in [2.24, 2.45) is 5.41 Å². The molecule has 1 amide bonds. The van der Waals surface area contributed by atoms with Crippen LogP contribution in [0.3, 0.4) is 0 Å². The topological polar surface area (TPSA) is 112 Å². The van der Waals surface area contributed by atoms with Crippen LogP contribution >= 0.6 is 0 Å². The molecule has 0 atom stereocenters. The van der Waals surface area contributed by atoms with Crippen LogP contribution in [0.15, 0.2) is 41.3 Å². The fourth-order valence-electron chi connectivity index (χ4n) is 5.48. The van der Waals surface area contributed by atoms with Crippen LogP contribution < -0.4 is 15.5 Å². The highest BCUT2D eigenvalue weighted by atomic mass is 32.2. The summed E-state index contributed by atoms with van der Waals surface area (Å²) in [7, 11) is -3.42. The van der Waals surface area contributed by atoms with Crippen molar-refractivity contribution in [3.05, 3.63) is 42.0 Å². The van der Waals surface area contributed by atoms with Gasteiger partial charge in [-0.3, -0.25) is 4.79 Å². The second kappa shape index (κ2) is 9.91. The van der Waals surface area contributed by atoms with Crippen LogP contribution in [0.4, 0.5) is 17.3 Å². The van der Waals surface area contributed by atoms with E-state index in [9.17, 15) is 18.3 Å². The van der Waals surface area contributed by atoms with Gasteiger partial charge >= 0.3 is 0 Å². The lowest BCUT2D eigenvalue weighted by molar-refractivity contribution is 0.0943. The normalized spacial score (nSPS) is 19.7. The Kier molecular flexibility index (Phi) is 6.96. The van der Waals surface area contributed by atoms with E-state index in [1.807, 2.05) is 0 Å². The average molecular weight is 527 g/mol. The Morgan fingerprint density at radius 3 is 2.46 bits per heavy atom. The summed E-state index contributed by atoms with van der Waals surface area (Å²) in [5.74, 6) is 0.896. The first-order valence-corrected chi connectivity index (χ1v) is 15.0. The first kappa shape index (κ1) is 26.0. The molecule has 1 spiro atoms. The second-order valence-corrected chi connectivity index (χ2v) is 13.9. The molecular formula is C28H38N4O4S. The molecule has 8 nitrogen and oxygen atoms in total. The average Bonchev–Trinajstić information content (AvgIpc) is 3.37. The minimum absolute atomic E-state index is 0.257. The number of sulfone groups is 1. The molecule has 1 aromatic heterocycles. The maximum Gasteiger partial charge on any atom is 0.259 e. The van der Waals surface area contributed by atoms with Crippen molar-refractivity contribution in [1.29, 1.82) is 0 Å². The number of piperidine rings is 1. The monoisotopic (exact) mass is 526 g/mol. The van der Waals surface area contributed by atoms with Gasteiger partial charge in [0.15, 0.2) is 9.84 Å². The summed E-state index contributed by atoms with van der Waals surface area (Å²) < 4.78 is 26.2. The minimum Gasteiger partial charge on any atom is -0.389 e. The van der Waals surface area contributed by atoms with Gasteiger partial charge in [-0.05, 0) is 88.1 Å². The fraction of sp³-hybridized carbons (Fsp3) is 0.571. The molecule has 3 aliphatic rings. The standard InChI is InChI=1S/C28H38N4O4S/c1-27(2,34)19-29-24-11-10-23(25(31-24)32-16-14-28(12-13-28)15-17-32)26(33)30-20-6-5-9-22(18-20)37(35,36)21-7-3-4-8-21/h5-6,9-11,18,21,34H,3-4,7-8,12-17,19H2,1-2H3,(H,29,31)(H,30,33). The van der Waals surface area contributed by atoms with Crippen LogP contribution in [0.5, 0.6) is 0 Å². The number of amides is 1. The van der Waals surface area contributed by atoms with Gasteiger partial charge in [-0.2, -0.15) is 0 Å². The number of rotatable bonds is 8. The van der Waals surface area contributed by atoms with E-state index in [-0.39, 0.29) is 16.1 Å². The predicted molar refractivity (Wildman–Crippen MR) is 146 cm³/mol. The Morgan fingerprint density at radius 1 is 1.11 bits per heavy atom. The fourth-order valence-corrected chi connectivity index (χ4v) is 7.38. The van der Waals surface area contributed by atoms with Gasteiger partial charge < -0.3 is 20.6 Å². The van der Waals surface area contributed by atoms with Crippen LogP contribution in [0.25, 0.3) is 0 Å². The van der Waals surface area contributed by atoms with Crippen LogP contribution in [-0.4, -0.2) is 54.9 Å². The SMILES string of the molecule is CC(C)(O)CNc1ccc(C(=O)Nc2cccc(S(=O)(=O)C3CCCC3)c2)c(N2CCC3(CC2)CC3)n1. The van der Waals surface area contributed by atoms with E-state index in [0.717, 1.165) is 38.8 Å². The number of aliphatic hydroxyl groups is 1. The third kappa shape index (κ3) is 5.93. The number of nitrogens with one attached hydrogen (secondary N) is 2. The Labute approximate surface area is 219 Å². The Balaban J connectivity index is 1.38. The van der Waals surface area contributed by atoms with Crippen molar-refractivity contribution < 1.29 is 18.3 Å². The van der Waals surface area contributed by atoms with Crippen LogP contribution in [-0.2, 0) is 9.84 Å². The Hall–Kier alpha value is -2.65. The number of hydrogen-bond acceptors (Lipinski definition) is 7. The van der Waals surface area contributed by atoms with Crippen molar-refractivity contribution in [1.82, 2.24) is 4.98 Å². The van der Waals surface area contributed by atoms with E-state index in [1.165, 1.54) is 12.8 Å². The molecule has 2 saturated carbocycles. The lowest BCUT2D eigenvalue weighted by Crippen LogP contribution is -2.36. The molecule has 2 aliphatic carbocycles. The molecule has 1 aliphatic heterocycles. The summed E-state index contributed by atoms with van der Waals surface area (Å²) in [6.45, 7) is 5.47. The zero-order chi connectivity index (χ0) is 26.3. The molecule has 3 fully saturated rings. The molecule has 200 valence electrons. The first-order valence-electron chi connectivity index (χ1n) is 13.4. The number of benzene rings is 1. The van der Waals surface area contributed by atoms with Crippen LogP contribution in [0, 0.1) is 5.41 Å². The quantitative estimate of drug-likeness (QED) is 0.460. The summed E-state index contributed by atoms with van der Waals surface area (Å²) in [5, 5.41) is 15.9. The number of carbonyl (C=O) groups is 1. The smallest absolute Gasteiger partial charge is 0.259 e. The lowest BCUT2D eigenvalue weighted by atomic mass is 9.93. The maximum atomic E-state index is 13.5. The molecule has 1 saturated heterocycles. The molecule has 2 heterocycles. The number of anilines is 3. The highest BCUT2D eigenvalue weighted by molar-refractivity contribution is 7.92. The molecule has 3 N–H and O–H groups in total. The van der Waals surface area contributed by atoms with Crippen molar-refractivity contribution in [3.8, 4) is 0 Å². The molecule has 1 aromatic carbocycles. The highest BCUT2D eigenvalue weighted by Crippen LogP contribution is 2.54. The third-order valence-corrected chi connectivity index (χ3v) is 10.3. The van der Waals surface area contributed by atoms with Gasteiger partial charge in [0.2, 0.25) is 0 Å². The number of pyridine rings is 1. The molecule has 2 aromatic rings. The van der Waals surface area contributed by atoms with Gasteiger partial charge in [0.05, 0.1) is 21.3 Å². The summed E-state index contributed by atoms with van der Waals surface area (Å²) in [6, 6.07) is 10.1. The summed E-state index contributed by atoms with van der Waals surface area (Å²) in [4.78, 5) is 20.7. The van der Waals surface area contributed by atoms with Gasteiger partial charge in [0.1, 0.15) is 11.6 Å². The van der Waals surface area contributed by atoms with Crippen molar-refractivity contribution in [2.45, 2.75) is 81.0 Å². The van der Waals surface area contributed by atoms with Crippen molar-refractivity contribution in [2.75, 3.05) is 35.2 Å². The lowest BCUT2D eigenvalue weighted by Gasteiger charge is -2.34. The molecule has 0 radical (unpaired) electrons. The number of carbonyl (C=O) groups excluding carboxylic acids is 1. The van der Waals surface area contributed by atoms with Crippen molar-refractivity contribution >= 4 is 33.1 Å². The van der Waals surface area contributed by atoms with E-state index in [4.69, 9.17) is 4.98 Å². The first-order chi connectivity index (χ1) is 17.5. The van der Waals surface area contributed by atoms with Gasteiger partial charge in [0, 0.05) is 25.3 Å². The van der Waals surface area contributed by atoms with Gasteiger partial charge in [-0.15, -0.1) is 0 Å². The zero-order valence-corrected chi connectivity index (χ0v) is 22.6. The van der Waals surface area contributed by atoms with E-state index in [0.29, 0.717) is 47.7 Å². The molecular weight excluding hydrogens is 488 g/mol. The number of nitrogens with zero attached hydrogens (tertiary/aromatic N) is 2. The molecule has 0 unspecified atom stereocenters. The largest absolute Gasteiger partial charge is 0.389 e. The Morgan fingerprint density at radius 2 is 1.81 bits per heavy atom. The molecule has 9 heteroatoms. The molecule has 37 heavy (non-hydrogen) atoms. The van der Waals surface area contributed by atoms with Crippen LogP contribution in [0.1, 0.15) is 75.6 Å². The Bertz CT molecular complexity index is 1250. The summed E-state index contributed by atoms with van der Waals surface area (Å²) in [5.41, 5.74) is 0.492. The van der Waals surface area contributed by atoms with E-state index in [1.54, 1.807) is 50.2 Å². The third-order valence-electron chi connectivity index (χ3n) is 8.06. The molecule has 5 rings (SSSR count). The van der Waals surface area contributed by atoms with Crippen molar-refractivity contribution in [3.63, 3.8) is 0 Å². The number of hydrogen-bond donors (Lipinski definition) is 3.